The summed E-state index contributed by atoms with van der Waals surface area (Å²) in [6.45, 7) is 4.00. The van der Waals surface area contributed by atoms with Gasteiger partial charge in [0.25, 0.3) is 0 Å². The van der Waals surface area contributed by atoms with Crippen LogP contribution in [0.25, 0.3) is 0 Å². The third-order valence-electron chi connectivity index (χ3n) is 0.207. The molecule has 0 saturated carbocycles. The molecule has 0 aliphatic heterocycles. The minimum absolute atomic E-state index is 2.00. The van der Waals surface area contributed by atoms with Crippen molar-refractivity contribution in [2.24, 2.45) is 0 Å². The van der Waals surface area contributed by atoms with Crippen LogP contribution in [0.2, 0.25) is 0 Å². The minimum atomic E-state index is 2.00. The van der Waals surface area contributed by atoms with Gasteiger partial charge in [-0.25, -0.2) is 0 Å². The van der Waals surface area contributed by atoms with Crippen molar-refractivity contribution in [3.8, 4) is 36.5 Å². The summed E-state index contributed by atoms with van der Waals surface area (Å²) in [5.41, 5.74) is 0. The zero-order chi connectivity index (χ0) is 6.83. The first-order valence-corrected chi connectivity index (χ1v) is 2.33. The van der Waals surface area contributed by atoms with Crippen molar-refractivity contribution in [2.75, 3.05) is 0 Å². The molecule has 40 valence electrons. The Morgan fingerprint density at radius 3 is 1.25 bits per heavy atom. The Morgan fingerprint density at radius 2 is 1.12 bits per heavy atom. The maximum Gasteiger partial charge on any atom is -0.00134 e. The van der Waals surface area contributed by atoms with E-state index in [0.29, 0.717) is 0 Å². The molecule has 0 radical (unpaired) electrons. The molecule has 0 unspecified atom stereocenters. The topological polar surface area (TPSA) is 0 Å². The summed E-state index contributed by atoms with van der Waals surface area (Å²) >= 11 is 0. The number of hydrogen-bond donors (Lipinski definition) is 0. The van der Waals surface area contributed by atoms with Crippen LogP contribution >= 0.6 is 0 Å². The molecular weight excluding hydrogens is 96.1 g/mol. The Morgan fingerprint density at radius 1 is 0.875 bits per heavy atom. The molecule has 0 rings (SSSR count). The van der Waals surface area contributed by atoms with Gasteiger partial charge in [-0.05, 0) is 23.7 Å². The molecule has 0 aliphatic rings. The van der Waals surface area contributed by atoms with Crippen molar-refractivity contribution in [1.82, 2.24) is 0 Å². The Bertz CT molecular complexity index is 133. The van der Waals surface area contributed by atoms with E-state index in [4.69, 9.17) is 12.8 Å². The third-order valence-corrected chi connectivity index (χ3v) is 0.207. The van der Waals surface area contributed by atoms with E-state index in [1.54, 1.807) is 0 Å². The summed E-state index contributed by atoms with van der Waals surface area (Å²) in [6, 6.07) is 0. The van der Waals surface area contributed by atoms with E-state index >= 15 is 0 Å². The molecule has 0 bridgehead atoms. The van der Waals surface area contributed by atoms with Gasteiger partial charge in [0.15, 0.2) is 0 Å². The van der Waals surface area contributed by atoms with Crippen molar-refractivity contribution >= 4 is 0 Å². The number of terminal acetylenes is 2. The summed E-state index contributed by atoms with van der Waals surface area (Å²) in [4.78, 5) is 0. The van der Waals surface area contributed by atoms with Crippen LogP contribution in [-0.4, -0.2) is 0 Å². The molecule has 0 saturated heterocycles. The molecule has 0 aliphatic carbocycles. The van der Waals surface area contributed by atoms with Crippen molar-refractivity contribution in [1.29, 1.82) is 0 Å². The van der Waals surface area contributed by atoms with Gasteiger partial charge in [-0.1, -0.05) is 13.8 Å². The van der Waals surface area contributed by atoms with Gasteiger partial charge < -0.3 is 0 Å². The van der Waals surface area contributed by atoms with Gasteiger partial charge in [-0.2, -0.15) is 0 Å². The van der Waals surface area contributed by atoms with Crippen LogP contribution in [0.3, 0.4) is 0 Å². The fourth-order valence-electron chi connectivity index (χ4n) is 0.0722. The lowest BCUT2D eigenvalue weighted by Gasteiger charge is -1.43. The zero-order valence-corrected chi connectivity index (χ0v) is 5.15. The molecule has 0 aromatic rings. The van der Waals surface area contributed by atoms with E-state index in [2.05, 4.69) is 23.7 Å². The maximum atomic E-state index is 4.70. The third kappa shape index (κ3) is 22.5. The van der Waals surface area contributed by atoms with Gasteiger partial charge >= 0.3 is 0 Å². The first-order valence-electron chi connectivity index (χ1n) is 2.33. The second-order valence-corrected chi connectivity index (χ2v) is 0.539. The number of rotatable bonds is 0. The van der Waals surface area contributed by atoms with E-state index < -0.39 is 0 Å². The second kappa shape index (κ2) is 17.3. The average molecular weight is 104 g/mol. The Hall–Kier alpha value is -1.32. The normalized spacial score (nSPS) is 3.00. The minimum Gasteiger partial charge on any atom is -0.106 e. The highest BCUT2D eigenvalue weighted by Crippen LogP contribution is 1.42. The molecule has 0 heterocycles. The van der Waals surface area contributed by atoms with Crippen LogP contribution < -0.4 is 0 Å². The van der Waals surface area contributed by atoms with Gasteiger partial charge in [-0.15, -0.1) is 12.8 Å². The molecule has 8 heavy (non-hydrogen) atoms. The highest BCUT2D eigenvalue weighted by atomic mass is 13.4. The van der Waals surface area contributed by atoms with Gasteiger partial charge in [-0.3, -0.25) is 0 Å². The molecule has 0 N–H and O–H groups in total. The number of hydrogen-bond acceptors (Lipinski definition) is 0. The van der Waals surface area contributed by atoms with Crippen LogP contribution in [0.5, 0.6) is 0 Å². The Labute approximate surface area is 51.3 Å². The largest absolute Gasteiger partial charge is 0.106 e. The highest BCUT2D eigenvalue weighted by molar-refractivity contribution is 5.31. The van der Waals surface area contributed by atoms with Crippen LogP contribution in [0.15, 0.2) is 0 Å². The van der Waals surface area contributed by atoms with E-state index in [-0.39, 0.29) is 0 Å². The fourth-order valence-corrected chi connectivity index (χ4v) is 0.0722. The van der Waals surface area contributed by atoms with Crippen LogP contribution in [-0.2, 0) is 0 Å². The van der Waals surface area contributed by atoms with Gasteiger partial charge in [0.2, 0.25) is 0 Å². The van der Waals surface area contributed by atoms with Gasteiger partial charge in [0.1, 0.15) is 0 Å². The average Bonchev–Trinajstić information content (AvgIpc) is 1.88. The Kier molecular flexibility index (Phi) is 21.3. The lowest BCUT2D eigenvalue weighted by molar-refractivity contribution is 1.50. The molecule has 0 heteroatoms. The Balaban J connectivity index is 0. The molecule has 0 atom stereocenters. The molecule has 0 aromatic carbocycles. The standard InChI is InChI=1S/C6H2.C2H6/c1-3-5-6-4-2;1-2/h1-2H;1-2H3. The first-order chi connectivity index (χ1) is 3.91. The summed E-state index contributed by atoms with van der Waals surface area (Å²) in [5.74, 6) is 8.61. The van der Waals surface area contributed by atoms with E-state index in [0.717, 1.165) is 0 Å². The zero-order valence-electron chi connectivity index (χ0n) is 5.15. The molecule has 0 aromatic heterocycles. The fraction of sp³-hybridized carbons (Fsp3) is 0.250. The van der Waals surface area contributed by atoms with Crippen molar-refractivity contribution in [3.05, 3.63) is 0 Å². The van der Waals surface area contributed by atoms with Crippen LogP contribution in [0.1, 0.15) is 13.8 Å². The molecule has 0 amide bonds. The van der Waals surface area contributed by atoms with E-state index in [9.17, 15) is 0 Å². The summed E-state index contributed by atoms with van der Waals surface area (Å²) in [5, 5.41) is 0. The molecule has 0 nitrogen and oxygen atoms in total. The quantitative estimate of drug-likeness (QED) is 0.406. The smallest absolute Gasteiger partial charge is 0.00134 e. The lowest BCUT2D eigenvalue weighted by Crippen LogP contribution is -1.42. The summed E-state index contributed by atoms with van der Waals surface area (Å²) < 4.78 is 0. The summed E-state index contributed by atoms with van der Waals surface area (Å²) in [6.07, 6.45) is 9.39. The van der Waals surface area contributed by atoms with Crippen LogP contribution in [0, 0.1) is 36.5 Å². The van der Waals surface area contributed by atoms with Crippen molar-refractivity contribution < 1.29 is 0 Å². The van der Waals surface area contributed by atoms with E-state index in [1.165, 1.54) is 0 Å². The second-order valence-electron chi connectivity index (χ2n) is 0.539. The highest BCUT2D eigenvalue weighted by Gasteiger charge is 1.41. The summed E-state index contributed by atoms with van der Waals surface area (Å²) in [7, 11) is 0. The first kappa shape index (κ1) is 9.84. The van der Waals surface area contributed by atoms with E-state index in [1.807, 2.05) is 13.8 Å². The molecule has 0 spiro atoms. The van der Waals surface area contributed by atoms with Crippen LogP contribution in [0.4, 0.5) is 0 Å². The van der Waals surface area contributed by atoms with Gasteiger partial charge in [0.05, 0.1) is 0 Å². The van der Waals surface area contributed by atoms with Crippen molar-refractivity contribution in [2.45, 2.75) is 13.8 Å². The SMILES string of the molecule is C#CC#CC#C.CC. The molecular formula is C8H8. The van der Waals surface area contributed by atoms with Gasteiger partial charge in [0, 0.05) is 0 Å². The van der Waals surface area contributed by atoms with Crippen molar-refractivity contribution in [3.63, 3.8) is 0 Å². The predicted molar refractivity (Wildman–Crippen MR) is 36.8 cm³/mol. The lowest BCUT2D eigenvalue weighted by atomic mass is 10.6. The maximum absolute atomic E-state index is 4.70. The monoisotopic (exact) mass is 104 g/mol. The predicted octanol–water partition coefficient (Wildman–Crippen LogP) is 1.28. The molecule has 0 fully saturated rings.